The van der Waals surface area contributed by atoms with Crippen LogP contribution in [0.4, 0.5) is 5.69 Å². The first-order valence-electron chi connectivity index (χ1n) is 8.14. The molecule has 0 saturated carbocycles. The second-order valence-corrected chi connectivity index (χ2v) is 6.15. The molecule has 0 unspecified atom stereocenters. The highest BCUT2D eigenvalue weighted by Crippen LogP contribution is 2.17. The van der Waals surface area contributed by atoms with Gasteiger partial charge in [-0.15, -0.1) is 10.2 Å². The van der Waals surface area contributed by atoms with Gasteiger partial charge in [0, 0.05) is 12.1 Å². The Morgan fingerprint density at radius 3 is 2.60 bits per heavy atom. The quantitative estimate of drug-likeness (QED) is 0.415. The zero-order valence-electron chi connectivity index (χ0n) is 14.3. The molecule has 0 bridgehead atoms. The lowest BCUT2D eigenvalue weighted by molar-refractivity contribution is -0.113. The molecule has 1 amide bonds. The molecule has 0 spiro atoms. The van der Waals surface area contributed by atoms with E-state index in [2.05, 4.69) is 15.5 Å². The number of carbonyl (C=O) groups excluding carboxylic acids is 2. The normalized spacial score (nSPS) is 10.5. The number of nitrogens with zero attached hydrogens (tertiary/aromatic N) is 2. The molecule has 134 valence electrons. The Balaban J connectivity index is 1.79. The summed E-state index contributed by atoms with van der Waals surface area (Å²) in [6, 6.07) is 6.59. The minimum Gasteiger partial charge on any atom is -0.462 e. The third kappa shape index (κ3) is 6.22. The molecular weight excluding hydrogens is 342 g/mol. The number of aromatic nitrogens is 2. The van der Waals surface area contributed by atoms with Crippen molar-refractivity contribution >= 4 is 29.3 Å². The van der Waals surface area contributed by atoms with Gasteiger partial charge in [-0.25, -0.2) is 4.79 Å². The molecule has 8 heteroatoms. The molecule has 0 atom stereocenters. The van der Waals surface area contributed by atoms with Crippen LogP contribution in [0.15, 0.2) is 33.9 Å². The third-order valence-corrected chi connectivity index (χ3v) is 4.03. The molecule has 0 aliphatic heterocycles. The minimum atomic E-state index is -0.356. The Kier molecular flexibility index (Phi) is 7.46. The number of benzene rings is 1. The number of ether oxygens (including phenoxy) is 1. The maximum Gasteiger partial charge on any atom is 0.338 e. The summed E-state index contributed by atoms with van der Waals surface area (Å²) in [4.78, 5) is 23.7. The number of rotatable bonds is 9. The minimum absolute atomic E-state index is 0.159. The van der Waals surface area contributed by atoms with E-state index < -0.39 is 0 Å². The van der Waals surface area contributed by atoms with Crippen molar-refractivity contribution in [2.24, 2.45) is 0 Å². The predicted molar refractivity (Wildman–Crippen MR) is 94.7 cm³/mol. The van der Waals surface area contributed by atoms with Crippen molar-refractivity contribution in [3.05, 3.63) is 35.7 Å². The summed E-state index contributed by atoms with van der Waals surface area (Å²) >= 11 is 1.18. The van der Waals surface area contributed by atoms with Crippen molar-refractivity contribution in [2.75, 3.05) is 17.7 Å². The van der Waals surface area contributed by atoms with E-state index in [0.717, 1.165) is 12.8 Å². The zero-order chi connectivity index (χ0) is 18.1. The standard InChI is InChI=1S/C17H21N3O4S/c1-3-5-10-23-16(22)12-6-8-13(9-7-12)18-14(21)11-25-17-20-19-15(4-2)24-17/h6-9H,3-5,10-11H2,1-2H3,(H,18,21). The molecule has 0 saturated heterocycles. The summed E-state index contributed by atoms with van der Waals surface area (Å²) in [5.41, 5.74) is 1.07. The van der Waals surface area contributed by atoms with Gasteiger partial charge in [-0.3, -0.25) is 4.79 Å². The smallest absolute Gasteiger partial charge is 0.338 e. The molecule has 2 rings (SSSR count). The molecular formula is C17H21N3O4S. The van der Waals surface area contributed by atoms with Crippen LogP contribution in [0, 0.1) is 0 Å². The van der Waals surface area contributed by atoms with E-state index in [0.29, 0.717) is 35.4 Å². The average Bonchev–Trinajstić information content (AvgIpc) is 3.09. The molecule has 0 aliphatic carbocycles. The highest BCUT2D eigenvalue weighted by Gasteiger charge is 2.10. The largest absolute Gasteiger partial charge is 0.462 e. The molecule has 1 aromatic heterocycles. The second-order valence-electron chi connectivity index (χ2n) is 5.22. The first kappa shape index (κ1) is 19.0. The molecule has 25 heavy (non-hydrogen) atoms. The Labute approximate surface area is 150 Å². The maximum absolute atomic E-state index is 11.9. The van der Waals surface area contributed by atoms with Gasteiger partial charge in [-0.05, 0) is 30.7 Å². The van der Waals surface area contributed by atoms with Crippen molar-refractivity contribution in [2.45, 2.75) is 38.3 Å². The van der Waals surface area contributed by atoms with Crippen LogP contribution in [0.25, 0.3) is 0 Å². The lowest BCUT2D eigenvalue weighted by Gasteiger charge is -2.06. The van der Waals surface area contributed by atoms with E-state index in [4.69, 9.17) is 9.15 Å². The van der Waals surface area contributed by atoms with Gasteiger partial charge in [-0.1, -0.05) is 32.0 Å². The van der Waals surface area contributed by atoms with Crippen LogP contribution in [-0.2, 0) is 16.0 Å². The predicted octanol–water partition coefficient (Wildman–Crippen LogP) is 3.32. The zero-order valence-corrected chi connectivity index (χ0v) is 15.1. The molecule has 7 nitrogen and oxygen atoms in total. The summed E-state index contributed by atoms with van der Waals surface area (Å²) < 4.78 is 10.5. The molecule has 0 aliphatic rings. The number of aryl methyl sites for hydroxylation is 1. The van der Waals surface area contributed by atoms with E-state index in [-0.39, 0.29) is 17.6 Å². The first-order valence-corrected chi connectivity index (χ1v) is 9.13. The van der Waals surface area contributed by atoms with Crippen molar-refractivity contribution in [3.63, 3.8) is 0 Å². The Hall–Kier alpha value is -2.35. The molecule has 0 fully saturated rings. The second kappa shape index (κ2) is 9.83. The van der Waals surface area contributed by atoms with E-state index in [9.17, 15) is 9.59 Å². The molecule has 1 N–H and O–H groups in total. The highest BCUT2D eigenvalue weighted by molar-refractivity contribution is 7.99. The Morgan fingerprint density at radius 2 is 1.96 bits per heavy atom. The number of thioether (sulfide) groups is 1. The fraction of sp³-hybridized carbons (Fsp3) is 0.412. The number of carbonyl (C=O) groups is 2. The van der Waals surface area contributed by atoms with Gasteiger partial charge in [0.2, 0.25) is 11.8 Å². The van der Waals surface area contributed by atoms with Gasteiger partial charge in [0.1, 0.15) is 0 Å². The number of nitrogens with one attached hydrogen (secondary N) is 1. The SMILES string of the molecule is CCCCOC(=O)c1ccc(NC(=O)CSc2nnc(CC)o2)cc1. The molecule has 1 aromatic carbocycles. The molecule has 1 heterocycles. The Morgan fingerprint density at radius 1 is 1.20 bits per heavy atom. The van der Waals surface area contributed by atoms with Gasteiger partial charge in [0.05, 0.1) is 17.9 Å². The van der Waals surface area contributed by atoms with E-state index in [1.807, 2.05) is 13.8 Å². The lowest BCUT2D eigenvalue weighted by atomic mass is 10.2. The van der Waals surface area contributed by atoms with Crippen LogP contribution < -0.4 is 5.32 Å². The van der Waals surface area contributed by atoms with Gasteiger partial charge in [0.25, 0.3) is 5.22 Å². The number of amides is 1. The number of anilines is 1. The molecule has 2 aromatic rings. The van der Waals surface area contributed by atoms with Gasteiger partial charge >= 0.3 is 5.97 Å². The fourth-order valence-electron chi connectivity index (χ4n) is 1.85. The van der Waals surface area contributed by atoms with Crippen molar-refractivity contribution < 1.29 is 18.7 Å². The van der Waals surface area contributed by atoms with Crippen LogP contribution in [0.2, 0.25) is 0 Å². The summed E-state index contributed by atoms with van der Waals surface area (Å²) in [6.07, 6.45) is 2.48. The third-order valence-electron chi connectivity index (χ3n) is 3.21. The Bertz CT molecular complexity index is 700. The van der Waals surface area contributed by atoms with E-state index >= 15 is 0 Å². The van der Waals surface area contributed by atoms with Crippen molar-refractivity contribution in [3.8, 4) is 0 Å². The number of esters is 1. The number of unbranched alkanes of at least 4 members (excludes halogenated alkanes) is 1. The van der Waals surface area contributed by atoms with Crippen molar-refractivity contribution in [1.29, 1.82) is 0 Å². The maximum atomic E-state index is 11.9. The summed E-state index contributed by atoms with van der Waals surface area (Å²) in [5, 5.41) is 10.8. The van der Waals surface area contributed by atoms with Crippen LogP contribution in [0.1, 0.15) is 42.9 Å². The topological polar surface area (TPSA) is 94.3 Å². The lowest BCUT2D eigenvalue weighted by Crippen LogP contribution is -2.14. The van der Waals surface area contributed by atoms with Gasteiger partial charge < -0.3 is 14.5 Å². The molecule has 0 radical (unpaired) electrons. The first-order chi connectivity index (χ1) is 12.1. The monoisotopic (exact) mass is 363 g/mol. The van der Waals surface area contributed by atoms with Crippen LogP contribution in [0.5, 0.6) is 0 Å². The fourth-order valence-corrected chi connectivity index (χ4v) is 2.43. The van der Waals surface area contributed by atoms with Gasteiger partial charge in [-0.2, -0.15) is 0 Å². The highest BCUT2D eigenvalue weighted by atomic mass is 32.2. The van der Waals surface area contributed by atoms with Crippen LogP contribution >= 0.6 is 11.8 Å². The summed E-state index contributed by atoms with van der Waals surface area (Å²) in [6.45, 7) is 4.36. The average molecular weight is 363 g/mol. The van der Waals surface area contributed by atoms with E-state index in [1.54, 1.807) is 24.3 Å². The van der Waals surface area contributed by atoms with Crippen molar-refractivity contribution in [1.82, 2.24) is 10.2 Å². The van der Waals surface area contributed by atoms with Gasteiger partial charge in [0.15, 0.2) is 0 Å². The number of hydrogen-bond donors (Lipinski definition) is 1. The number of hydrogen-bond acceptors (Lipinski definition) is 7. The summed E-state index contributed by atoms with van der Waals surface area (Å²) in [5.74, 6) is 0.153. The van der Waals surface area contributed by atoms with Crippen LogP contribution in [0.3, 0.4) is 0 Å². The van der Waals surface area contributed by atoms with E-state index in [1.165, 1.54) is 11.8 Å². The summed E-state index contributed by atoms with van der Waals surface area (Å²) in [7, 11) is 0. The van der Waals surface area contributed by atoms with Crippen LogP contribution in [-0.4, -0.2) is 34.4 Å².